The van der Waals surface area contributed by atoms with Crippen molar-refractivity contribution in [3.63, 3.8) is 0 Å². The Morgan fingerprint density at radius 1 is 1.26 bits per heavy atom. The molecule has 4 rings (SSSR count). The summed E-state index contributed by atoms with van der Waals surface area (Å²) < 4.78 is 14.2. The van der Waals surface area contributed by atoms with Crippen molar-refractivity contribution < 1.29 is 19.1 Å². The standard InChI is InChI=1S/C24H30ClN9O4/c1-13(11-37-12-14-7-16(26)20-17(8-14)33(6)31-30-20)28-22(35)15-10-27-34-19(9-18(25)29-21(15)34)32(5)23(36)38-24(2,3)4/h7-10,13H,11-12,26H2,1-6H3,(H,28,35)/t13-/m1/s1. The lowest BCUT2D eigenvalue weighted by atomic mass is 10.2. The first-order valence-corrected chi connectivity index (χ1v) is 12.2. The van der Waals surface area contributed by atoms with Crippen molar-refractivity contribution in [2.24, 2.45) is 7.05 Å². The highest BCUT2D eigenvalue weighted by molar-refractivity contribution is 6.30. The Morgan fingerprint density at radius 2 is 2.00 bits per heavy atom. The van der Waals surface area contributed by atoms with Gasteiger partial charge in [0.15, 0.2) is 5.65 Å². The Bertz CT molecular complexity index is 1510. The van der Waals surface area contributed by atoms with E-state index in [2.05, 4.69) is 25.7 Å². The first-order valence-electron chi connectivity index (χ1n) is 11.8. The molecule has 0 aliphatic carbocycles. The molecular weight excluding hydrogens is 514 g/mol. The normalized spacial score (nSPS) is 12.6. The van der Waals surface area contributed by atoms with Crippen LogP contribution in [-0.4, -0.2) is 66.9 Å². The lowest BCUT2D eigenvalue weighted by Gasteiger charge is -2.24. The third-order valence-electron chi connectivity index (χ3n) is 5.50. The number of carbonyl (C=O) groups excluding carboxylic acids is 2. The van der Waals surface area contributed by atoms with Crippen LogP contribution in [0.4, 0.5) is 16.3 Å². The Labute approximate surface area is 223 Å². The summed E-state index contributed by atoms with van der Waals surface area (Å²) in [6.07, 6.45) is 0.766. The Hall–Kier alpha value is -3.97. The lowest BCUT2D eigenvalue weighted by molar-refractivity contribution is 0.0587. The maximum absolute atomic E-state index is 13.0. The average molecular weight is 544 g/mol. The summed E-state index contributed by atoms with van der Waals surface area (Å²) in [4.78, 5) is 31.1. The maximum atomic E-state index is 13.0. The van der Waals surface area contributed by atoms with E-state index in [1.807, 2.05) is 13.0 Å². The molecule has 0 unspecified atom stereocenters. The minimum Gasteiger partial charge on any atom is -0.443 e. The molecule has 0 spiro atoms. The van der Waals surface area contributed by atoms with Crippen molar-refractivity contribution in [3.8, 4) is 0 Å². The number of nitrogens with one attached hydrogen (secondary N) is 1. The fourth-order valence-electron chi connectivity index (χ4n) is 3.74. The monoisotopic (exact) mass is 543 g/mol. The molecular formula is C24H30ClN9O4. The van der Waals surface area contributed by atoms with E-state index in [0.717, 1.165) is 11.1 Å². The predicted molar refractivity (Wildman–Crippen MR) is 142 cm³/mol. The molecule has 3 aromatic heterocycles. The molecule has 0 radical (unpaired) electrons. The number of hydrogen-bond donors (Lipinski definition) is 2. The van der Waals surface area contributed by atoms with Crippen LogP contribution in [0.2, 0.25) is 5.15 Å². The molecule has 3 heterocycles. The second-order valence-corrected chi connectivity index (χ2v) is 10.3. The summed E-state index contributed by atoms with van der Waals surface area (Å²) in [6.45, 7) is 7.64. The van der Waals surface area contributed by atoms with E-state index in [9.17, 15) is 9.59 Å². The number of halogens is 1. The second kappa shape index (κ2) is 10.4. The number of nitrogens with two attached hydrogens (primary N) is 1. The van der Waals surface area contributed by atoms with Crippen LogP contribution in [0.1, 0.15) is 43.6 Å². The molecule has 4 aromatic rings. The van der Waals surface area contributed by atoms with E-state index < -0.39 is 17.6 Å². The molecule has 2 amide bonds. The summed E-state index contributed by atoms with van der Waals surface area (Å²) in [5, 5.41) is 15.2. The van der Waals surface area contributed by atoms with Crippen LogP contribution in [0.3, 0.4) is 0 Å². The van der Waals surface area contributed by atoms with Gasteiger partial charge < -0.3 is 20.5 Å². The minimum absolute atomic E-state index is 0.0914. The van der Waals surface area contributed by atoms with Gasteiger partial charge in [0.25, 0.3) is 5.91 Å². The summed E-state index contributed by atoms with van der Waals surface area (Å²) in [7, 11) is 3.31. The van der Waals surface area contributed by atoms with E-state index in [4.69, 9.17) is 26.8 Å². The van der Waals surface area contributed by atoms with Crippen molar-refractivity contribution >= 4 is 51.8 Å². The van der Waals surface area contributed by atoms with Gasteiger partial charge in [-0.1, -0.05) is 16.8 Å². The fourth-order valence-corrected chi connectivity index (χ4v) is 3.92. The molecule has 0 aliphatic rings. The number of hydrogen-bond acceptors (Lipinski definition) is 9. The van der Waals surface area contributed by atoms with Gasteiger partial charge in [-0.25, -0.2) is 14.5 Å². The number of amides is 2. The molecule has 0 aliphatic heterocycles. The van der Waals surface area contributed by atoms with E-state index in [0.29, 0.717) is 23.6 Å². The Morgan fingerprint density at radius 3 is 2.71 bits per heavy atom. The third kappa shape index (κ3) is 5.78. The van der Waals surface area contributed by atoms with Crippen LogP contribution in [-0.2, 0) is 23.1 Å². The van der Waals surface area contributed by atoms with Gasteiger partial charge in [-0.05, 0) is 45.4 Å². The van der Waals surface area contributed by atoms with Crippen LogP contribution in [0.25, 0.3) is 16.7 Å². The van der Waals surface area contributed by atoms with E-state index in [-0.39, 0.29) is 29.0 Å². The molecule has 1 atom stereocenters. The molecule has 0 fully saturated rings. The highest BCUT2D eigenvalue weighted by Crippen LogP contribution is 2.24. The molecule has 202 valence electrons. The molecule has 1 aromatic carbocycles. The molecule has 0 saturated heterocycles. The zero-order valence-corrected chi connectivity index (χ0v) is 22.8. The average Bonchev–Trinajstić information content (AvgIpc) is 3.41. The molecule has 3 N–H and O–H groups in total. The van der Waals surface area contributed by atoms with E-state index in [1.54, 1.807) is 38.6 Å². The highest BCUT2D eigenvalue weighted by atomic mass is 35.5. The molecule has 0 bridgehead atoms. The van der Waals surface area contributed by atoms with E-state index >= 15 is 0 Å². The van der Waals surface area contributed by atoms with Crippen molar-refractivity contribution in [3.05, 3.63) is 40.7 Å². The Kier molecular flexibility index (Phi) is 7.42. The number of nitrogens with zero attached hydrogens (tertiary/aromatic N) is 7. The van der Waals surface area contributed by atoms with Gasteiger partial charge in [0.05, 0.1) is 30.6 Å². The van der Waals surface area contributed by atoms with Crippen molar-refractivity contribution in [2.45, 2.75) is 45.9 Å². The zero-order chi connectivity index (χ0) is 27.8. The number of benzene rings is 1. The van der Waals surface area contributed by atoms with Crippen molar-refractivity contribution in [1.29, 1.82) is 0 Å². The van der Waals surface area contributed by atoms with Crippen LogP contribution < -0.4 is 16.0 Å². The van der Waals surface area contributed by atoms with Crippen molar-refractivity contribution in [2.75, 3.05) is 24.3 Å². The topological polar surface area (TPSA) is 155 Å². The quantitative estimate of drug-likeness (QED) is 0.264. The first kappa shape index (κ1) is 27.1. The second-order valence-electron chi connectivity index (χ2n) is 9.93. The number of aryl methyl sites for hydroxylation is 1. The highest BCUT2D eigenvalue weighted by Gasteiger charge is 2.25. The summed E-state index contributed by atoms with van der Waals surface area (Å²) >= 11 is 6.22. The van der Waals surface area contributed by atoms with Crippen LogP contribution >= 0.6 is 11.6 Å². The van der Waals surface area contributed by atoms with Gasteiger partial charge in [-0.15, -0.1) is 5.10 Å². The molecule has 13 nitrogen and oxygen atoms in total. The van der Waals surface area contributed by atoms with E-state index in [1.165, 1.54) is 28.7 Å². The number of anilines is 2. The largest absolute Gasteiger partial charge is 0.443 e. The number of ether oxygens (including phenoxy) is 2. The zero-order valence-electron chi connectivity index (χ0n) is 22.0. The summed E-state index contributed by atoms with van der Waals surface area (Å²) in [5.74, 6) is -0.118. The number of nitrogen functional groups attached to an aromatic ring is 1. The third-order valence-corrected chi connectivity index (χ3v) is 5.69. The first-order chi connectivity index (χ1) is 17.8. The van der Waals surface area contributed by atoms with Crippen LogP contribution in [0.15, 0.2) is 24.4 Å². The van der Waals surface area contributed by atoms with Gasteiger partial charge in [0, 0.05) is 26.2 Å². The summed E-state index contributed by atoms with van der Waals surface area (Å²) in [6, 6.07) is 4.84. The smallest absolute Gasteiger partial charge is 0.415 e. The number of rotatable bonds is 7. The molecule has 38 heavy (non-hydrogen) atoms. The maximum Gasteiger partial charge on any atom is 0.415 e. The molecule has 14 heteroatoms. The fraction of sp³-hybridized carbons (Fsp3) is 0.417. The van der Waals surface area contributed by atoms with Gasteiger partial charge in [-0.3, -0.25) is 9.69 Å². The van der Waals surface area contributed by atoms with Gasteiger partial charge in [0.1, 0.15) is 27.7 Å². The van der Waals surface area contributed by atoms with Gasteiger partial charge >= 0.3 is 6.09 Å². The Balaban J connectivity index is 1.43. The predicted octanol–water partition coefficient (Wildman–Crippen LogP) is 2.95. The van der Waals surface area contributed by atoms with Crippen LogP contribution in [0, 0.1) is 0 Å². The lowest BCUT2D eigenvalue weighted by Crippen LogP contribution is -2.36. The molecule has 0 saturated carbocycles. The SMILES string of the molecule is C[C@H](COCc1cc(N)c2nnn(C)c2c1)NC(=O)c1cnn2c(N(C)C(=O)OC(C)(C)C)cc(Cl)nc12. The van der Waals surface area contributed by atoms with Crippen molar-refractivity contribution in [1.82, 2.24) is 34.9 Å². The summed E-state index contributed by atoms with van der Waals surface area (Å²) in [5.41, 5.74) is 8.60. The number of carbonyl (C=O) groups is 2. The number of aromatic nitrogens is 6. The van der Waals surface area contributed by atoms with Crippen LogP contribution in [0.5, 0.6) is 0 Å². The number of fused-ring (bicyclic) bond motifs is 2. The van der Waals surface area contributed by atoms with Gasteiger partial charge in [-0.2, -0.15) is 9.61 Å². The minimum atomic E-state index is -0.691. The van der Waals surface area contributed by atoms with Gasteiger partial charge in [0.2, 0.25) is 0 Å².